The van der Waals surface area contributed by atoms with Crippen molar-refractivity contribution in [2.75, 3.05) is 0 Å². The van der Waals surface area contributed by atoms with Crippen LogP contribution in [-0.2, 0) is 0 Å². The van der Waals surface area contributed by atoms with E-state index in [4.69, 9.17) is 0 Å². The summed E-state index contributed by atoms with van der Waals surface area (Å²) in [6.45, 7) is 4.70. The van der Waals surface area contributed by atoms with Gasteiger partial charge in [0.05, 0.1) is 0 Å². The first-order valence-electron chi connectivity index (χ1n) is 2.32. The molecule has 3 heteroatoms. The summed E-state index contributed by atoms with van der Waals surface area (Å²) in [7, 11) is 0. The quantitative estimate of drug-likeness (QED) is 0.467. The molecule has 0 unspecified atom stereocenters. The Bertz CT molecular complexity index is 57.7. The lowest BCUT2D eigenvalue weighted by molar-refractivity contribution is 0.380. The van der Waals surface area contributed by atoms with Gasteiger partial charge in [-0.25, -0.2) is 4.39 Å². The third-order valence-electron chi connectivity index (χ3n) is 0.260. The predicted octanol–water partition coefficient (Wildman–Crippen LogP) is 3.11. The van der Waals surface area contributed by atoms with Crippen molar-refractivity contribution in [2.45, 2.75) is 20.8 Å². The van der Waals surface area contributed by atoms with Gasteiger partial charge in [0.2, 0.25) is 0 Å². The third-order valence-corrected chi connectivity index (χ3v) is 0.260. The molecular weight excluding hydrogens is 117 g/mol. The van der Waals surface area contributed by atoms with E-state index < -0.39 is 11.9 Å². The van der Waals surface area contributed by atoms with Crippen LogP contribution in [0.4, 0.5) is 13.2 Å². The first kappa shape index (κ1) is 10.5. The third kappa shape index (κ3) is 9.11. The van der Waals surface area contributed by atoms with E-state index in [2.05, 4.69) is 0 Å². The molecule has 0 saturated carbocycles. The van der Waals surface area contributed by atoms with Crippen molar-refractivity contribution < 1.29 is 13.2 Å². The molecule has 0 aliphatic heterocycles. The summed E-state index contributed by atoms with van der Waals surface area (Å²) in [5, 5.41) is 0. The average molecular weight is 126 g/mol. The monoisotopic (exact) mass is 126 g/mol. The van der Waals surface area contributed by atoms with Crippen molar-refractivity contribution in [3.63, 3.8) is 0 Å². The van der Waals surface area contributed by atoms with E-state index in [1.165, 1.54) is 0 Å². The zero-order valence-electron chi connectivity index (χ0n) is 5.13. The Labute approximate surface area is 47.0 Å². The molecular formula is C5H9F3. The Morgan fingerprint density at radius 1 is 1.00 bits per heavy atom. The zero-order valence-corrected chi connectivity index (χ0v) is 5.13. The molecule has 0 N–H and O–H groups in total. The highest BCUT2D eigenvalue weighted by molar-refractivity contribution is 4.84. The summed E-state index contributed by atoms with van der Waals surface area (Å²) in [6.07, 6.45) is -2.24. The van der Waals surface area contributed by atoms with Gasteiger partial charge in [0, 0.05) is 0 Å². The van der Waals surface area contributed by atoms with Crippen LogP contribution in [0.3, 0.4) is 0 Å². The molecule has 0 aromatic carbocycles. The number of hydrogen-bond acceptors (Lipinski definition) is 0. The second-order valence-corrected chi connectivity index (χ2v) is 0.794. The first-order valence-corrected chi connectivity index (χ1v) is 2.32. The number of rotatable bonds is 0. The van der Waals surface area contributed by atoms with Crippen LogP contribution in [0, 0.1) is 0 Å². The topological polar surface area (TPSA) is 0 Å². The molecule has 0 spiro atoms. The van der Waals surface area contributed by atoms with Gasteiger partial charge >= 0.3 is 6.08 Å². The maximum Gasteiger partial charge on any atom is 0.301 e. The molecule has 0 rings (SSSR count). The molecule has 0 bridgehead atoms. The molecule has 0 aromatic rings. The van der Waals surface area contributed by atoms with E-state index in [0.29, 0.717) is 6.92 Å². The highest BCUT2D eigenvalue weighted by Gasteiger charge is 1.92. The molecule has 0 aromatic heterocycles. The van der Waals surface area contributed by atoms with Crippen molar-refractivity contribution >= 4 is 0 Å². The van der Waals surface area contributed by atoms with Gasteiger partial charge in [-0.1, -0.05) is 13.8 Å². The van der Waals surface area contributed by atoms with Crippen LogP contribution < -0.4 is 0 Å². The minimum Gasteiger partial charge on any atom is -0.206 e. The van der Waals surface area contributed by atoms with Crippen LogP contribution in [0.15, 0.2) is 11.9 Å². The lowest BCUT2D eigenvalue weighted by atomic mass is 10.7. The SMILES string of the molecule is CC.CC(F)=C(F)F. The molecule has 50 valence electrons. The normalized spacial score (nSPS) is 6.75. The molecule has 0 heterocycles. The molecule has 0 nitrogen and oxygen atoms in total. The zero-order chi connectivity index (χ0) is 7.15. The van der Waals surface area contributed by atoms with Crippen LogP contribution in [0.25, 0.3) is 0 Å². The largest absolute Gasteiger partial charge is 0.301 e. The van der Waals surface area contributed by atoms with Gasteiger partial charge in [-0.3, -0.25) is 0 Å². The fourth-order valence-corrected chi connectivity index (χ4v) is 0. The van der Waals surface area contributed by atoms with E-state index in [-0.39, 0.29) is 0 Å². The van der Waals surface area contributed by atoms with Crippen molar-refractivity contribution in [1.29, 1.82) is 0 Å². The van der Waals surface area contributed by atoms with E-state index >= 15 is 0 Å². The molecule has 0 amide bonds. The van der Waals surface area contributed by atoms with Crippen molar-refractivity contribution in [2.24, 2.45) is 0 Å². The van der Waals surface area contributed by atoms with E-state index in [1.807, 2.05) is 13.8 Å². The van der Waals surface area contributed by atoms with E-state index in [0.717, 1.165) is 0 Å². The predicted molar refractivity (Wildman–Crippen MR) is 27.4 cm³/mol. The van der Waals surface area contributed by atoms with Gasteiger partial charge in [-0.05, 0) is 6.92 Å². The smallest absolute Gasteiger partial charge is 0.206 e. The molecule has 0 aliphatic rings. The van der Waals surface area contributed by atoms with Gasteiger partial charge in [0.1, 0.15) is 0 Å². The summed E-state index contributed by atoms with van der Waals surface area (Å²) in [6, 6.07) is 0. The molecule has 0 radical (unpaired) electrons. The molecule has 0 aliphatic carbocycles. The van der Waals surface area contributed by atoms with Crippen LogP contribution in [0.5, 0.6) is 0 Å². The Kier molecular flexibility index (Phi) is 8.57. The van der Waals surface area contributed by atoms with E-state index in [1.54, 1.807) is 0 Å². The fraction of sp³-hybridized carbons (Fsp3) is 0.600. The highest BCUT2D eigenvalue weighted by atomic mass is 19.3. The van der Waals surface area contributed by atoms with Crippen LogP contribution in [-0.4, -0.2) is 0 Å². The molecule has 0 atom stereocenters. The maximum absolute atomic E-state index is 11.0. The molecule has 0 fully saturated rings. The van der Waals surface area contributed by atoms with Crippen molar-refractivity contribution in [3.8, 4) is 0 Å². The Hall–Kier alpha value is -0.470. The second-order valence-electron chi connectivity index (χ2n) is 0.794. The van der Waals surface area contributed by atoms with Gasteiger partial charge in [-0.15, -0.1) is 0 Å². The summed E-state index contributed by atoms with van der Waals surface area (Å²) in [5.41, 5.74) is 0. The standard InChI is InChI=1S/C3H3F3.C2H6/c1-2(4)3(5)6;1-2/h1H3;1-2H3. The Balaban J connectivity index is 0. The average Bonchev–Trinajstić information content (AvgIpc) is 1.72. The first-order chi connectivity index (χ1) is 3.64. The van der Waals surface area contributed by atoms with Crippen molar-refractivity contribution in [3.05, 3.63) is 11.9 Å². The summed E-state index contributed by atoms with van der Waals surface area (Å²) < 4.78 is 32.3. The van der Waals surface area contributed by atoms with Crippen LogP contribution in [0.2, 0.25) is 0 Å². The minimum absolute atomic E-state index is 0.704. The number of allylic oxidation sites excluding steroid dienone is 1. The van der Waals surface area contributed by atoms with Gasteiger partial charge < -0.3 is 0 Å². The lowest BCUT2D eigenvalue weighted by Crippen LogP contribution is -1.59. The maximum atomic E-state index is 11.0. The van der Waals surface area contributed by atoms with Gasteiger partial charge in [0.25, 0.3) is 0 Å². The second kappa shape index (κ2) is 6.53. The summed E-state index contributed by atoms with van der Waals surface area (Å²) >= 11 is 0. The van der Waals surface area contributed by atoms with Crippen molar-refractivity contribution in [1.82, 2.24) is 0 Å². The van der Waals surface area contributed by atoms with Crippen LogP contribution in [0.1, 0.15) is 20.8 Å². The lowest BCUT2D eigenvalue weighted by Gasteiger charge is -1.73. The Morgan fingerprint density at radius 2 is 1.12 bits per heavy atom. The van der Waals surface area contributed by atoms with E-state index in [9.17, 15) is 13.2 Å². The number of hydrogen-bond donors (Lipinski definition) is 0. The molecule has 8 heavy (non-hydrogen) atoms. The minimum atomic E-state index is -2.24. The summed E-state index contributed by atoms with van der Waals surface area (Å²) in [4.78, 5) is 0. The highest BCUT2D eigenvalue weighted by Crippen LogP contribution is 2.05. The molecule has 0 saturated heterocycles. The summed E-state index contributed by atoms with van der Waals surface area (Å²) in [5.74, 6) is -1.41. The van der Waals surface area contributed by atoms with Gasteiger partial charge in [0.15, 0.2) is 5.83 Å². The number of halogens is 3. The fourth-order valence-electron chi connectivity index (χ4n) is 0. The van der Waals surface area contributed by atoms with Crippen LogP contribution >= 0.6 is 0 Å². The Morgan fingerprint density at radius 3 is 1.12 bits per heavy atom. The van der Waals surface area contributed by atoms with Gasteiger partial charge in [-0.2, -0.15) is 8.78 Å².